The number of ether oxygens (including phenoxy) is 1. The fraction of sp³-hybridized carbons (Fsp3) is 0.208. The topological polar surface area (TPSA) is 38.3 Å². The number of carbonyl (C=O) groups excluding carboxylic acids is 1. The molecule has 0 aromatic heterocycles. The average Bonchev–Trinajstić information content (AvgIpc) is 2.72. The van der Waals surface area contributed by atoms with Gasteiger partial charge in [0.2, 0.25) is 0 Å². The van der Waals surface area contributed by atoms with E-state index in [1.807, 2.05) is 66.7 Å². The molecule has 1 atom stereocenters. The van der Waals surface area contributed by atoms with Crippen molar-refractivity contribution in [1.29, 1.82) is 0 Å². The summed E-state index contributed by atoms with van der Waals surface area (Å²) in [5.41, 5.74) is 4.47. The molecule has 0 bridgehead atoms. The van der Waals surface area contributed by atoms with Gasteiger partial charge in [0.25, 0.3) is 5.91 Å². The van der Waals surface area contributed by atoms with Crippen LogP contribution in [-0.2, 0) is 11.2 Å². The molecule has 1 unspecified atom stereocenters. The van der Waals surface area contributed by atoms with E-state index >= 15 is 0 Å². The first-order chi connectivity index (χ1) is 13.6. The van der Waals surface area contributed by atoms with Gasteiger partial charge in [0, 0.05) is 0 Å². The Balaban J connectivity index is 1.74. The van der Waals surface area contributed by atoms with Crippen molar-refractivity contribution >= 4 is 21.8 Å². The average molecular weight is 438 g/mol. The number of aryl methyl sites for hydroxylation is 2. The van der Waals surface area contributed by atoms with E-state index in [-0.39, 0.29) is 18.6 Å². The number of hydrogen-bond acceptors (Lipinski definition) is 2. The van der Waals surface area contributed by atoms with Crippen LogP contribution in [0.2, 0.25) is 0 Å². The zero-order chi connectivity index (χ0) is 19.9. The molecule has 0 heterocycles. The second-order valence-corrected chi connectivity index (χ2v) is 7.53. The molecule has 3 aromatic rings. The molecule has 0 aliphatic rings. The molecule has 3 nitrogen and oxygen atoms in total. The van der Waals surface area contributed by atoms with Gasteiger partial charge in [-0.15, -0.1) is 0 Å². The Bertz CT molecular complexity index is 940. The maximum atomic E-state index is 12.7. The van der Waals surface area contributed by atoms with E-state index in [1.165, 1.54) is 5.56 Å². The van der Waals surface area contributed by atoms with E-state index in [2.05, 4.69) is 41.2 Å². The number of amides is 1. The molecule has 4 heteroatoms. The summed E-state index contributed by atoms with van der Waals surface area (Å²) in [6.45, 7) is 4.12. The van der Waals surface area contributed by atoms with Crippen molar-refractivity contribution in [3.63, 3.8) is 0 Å². The van der Waals surface area contributed by atoms with Crippen LogP contribution < -0.4 is 10.1 Å². The lowest BCUT2D eigenvalue weighted by Crippen LogP contribution is -2.33. The minimum absolute atomic E-state index is 0.0424. The third-order valence-corrected chi connectivity index (χ3v) is 5.32. The fourth-order valence-electron chi connectivity index (χ4n) is 3.12. The summed E-state index contributed by atoms with van der Waals surface area (Å²) < 4.78 is 6.60. The van der Waals surface area contributed by atoms with E-state index in [4.69, 9.17) is 4.74 Å². The van der Waals surface area contributed by atoms with Crippen molar-refractivity contribution in [2.45, 2.75) is 26.3 Å². The van der Waals surface area contributed by atoms with Crippen LogP contribution in [0.1, 0.15) is 35.2 Å². The highest BCUT2D eigenvalue weighted by Crippen LogP contribution is 2.27. The second kappa shape index (κ2) is 9.56. The van der Waals surface area contributed by atoms with E-state index in [1.54, 1.807) is 0 Å². The summed E-state index contributed by atoms with van der Waals surface area (Å²) in [6, 6.07) is 23.8. The largest absolute Gasteiger partial charge is 0.483 e. The maximum absolute atomic E-state index is 12.7. The molecule has 3 rings (SSSR count). The van der Waals surface area contributed by atoms with Crippen LogP contribution in [0.5, 0.6) is 5.75 Å². The summed E-state index contributed by atoms with van der Waals surface area (Å²) in [4.78, 5) is 12.7. The first-order valence-corrected chi connectivity index (χ1v) is 10.2. The van der Waals surface area contributed by atoms with Crippen LogP contribution in [0.3, 0.4) is 0 Å². The summed E-state index contributed by atoms with van der Waals surface area (Å²) in [7, 11) is 0. The predicted molar refractivity (Wildman–Crippen MR) is 117 cm³/mol. The molecule has 3 aromatic carbocycles. The summed E-state index contributed by atoms with van der Waals surface area (Å²) >= 11 is 3.52. The highest BCUT2D eigenvalue weighted by molar-refractivity contribution is 9.10. The van der Waals surface area contributed by atoms with Crippen molar-refractivity contribution in [3.8, 4) is 5.75 Å². The van der Waals surface area contributed by atoms with Gasteiger partial charge in [-0.25, -0.2) is 0 Å². The molecule has 0 fully saturated rings. The van der Waals surface area contributed by atoms with Crippen molar-refractivity contribution in [1.82, 2.24) is 5.32 Å². The molecular weight excluding hydrogens is 414 g/mol. The summed E-state index contributed by atoms with van der Waals surface area (Å²) in [5, 5.41) is 3.12. The van der Waals surface area contributed by atoms with Gasteiger partial charge in [0.15, 0.2) is 6.61 Å². The first-order valence-electron chi connectivity index (χ1n) is 9.39. The standard InChI is InChI=1S/C24H24BrNO2/c1-3-18-13-14-22(21(25)15-18)28-16-23(27)26-24(19-10-5-4-6-11-19)20-12-8-7-9-17(20)2/h4-15,24H,3,16H2,1-2H3,(H,26,27). The number of halogens is 1. The zero-order valence-corrected chi connectivity index (χ0v) is 17.7. The molecule has 0 aliphatic heterocycles. The van der Waals surface area contributed by atoms with Gasteiger partial charge in [0.05, 0.1) is 10.5 Å². The van der Waals surface area contributed by atoms with Crippen molar-refractivity contribution < 1.29 is 9.53 Å². The predicted octanol–water partition coefficient (Wildman–Crippen LogP) is 5.60. The van der Waals surface area contributed by atoms with Gasteiger partial charge in [0.1, 0.15) is 5.75 Å². The lowest BCUT2D eigenvalue weighted by atomic mass is 9.95. The van der Waals surface area contributed by atoms with Crippen molar-refractivity contribution in [2.24, 2.45) is 0 Å². The number of rotatable bonds is 7. The molecule has 28 heavy (non-hydrogen) atoms. The summed E-state index contributed by atoms with van der Waals surface area (Å²) in [6.07, 6.45) is 0.953. The molecule has 0 aliphatic carbocycles. The van der Waals surface area contributed by atoms with Gasteiger partial charge >= 0.3 is 0 Å². The number of carbonyl (C=O) groups is 1. The quantitative estimate of drug-likeness (QED) is 0.521. The molecule has 0 saturated heterocycles. The van der Waals surface area contributed by atoms with Crippen LogP contribution in [0.15, 0.2) is 77.3 Å². The van der Waals surface area contributed by atoms with E-state index in [0.717, 1.165) is 27.6 Å². The zero-order valence-electron chi connectivity index (χ0n) is 16.1. The van der Waals surface area contributed by atoms with Gasteiger partial charge in [-0.05, 0) is 63.7 Å². The normalized spacial score (nSPS) is 11.7. The Morgan fingerprint density at radius 3 is 2.43 bits per heavy atom. The van der Waals surface area contributed by atoms with Crippen LogP contribution in [0.25, 0.3) is 0 Å². The Morgan fingerprint density at radius 1 is 1.04 bits per heavy atom. The molecule has 144 valence electrons. The van der Waals surface area contributed by atoms with Crippen molar-refractivity contribution in [2.75, 3.05) is 6.61 Å². The maximum Gasteiger partial charge on any atom is 0.258 e. The number of nitrogens with one attached hydrogen (secondary N) is 1. The van der Waals surface area contributed by atoms with E-state index in [9.17, 15) is 4.79 Å². The number of hydrogen-bond donors (Lipinski definition) is 1. The Hall–Kier alpha value is -2.59. The fourth-order valence-corrected chi connectivity index (χ4v) is 3.66. The van der Waals surface area contributed by atoms with Gasteiger partial charge < -0.3 is 10.1 Å². The molecule has 1 amide bonds. The highest BCUT2D eigenvalue weighted by atomic mass is 79.9. The van der Waals surface area contributed by atoms with Crippen LogP contribution >= 0.6 is 15.9 Å². The highest BCUT2D eigenvalue weighted by Gasteiger charge is 2.18. The first kappa shape index (κ1) is 20.2. The molecular formula is C24H24BrNO2. The molecule has 0 saturated carbocycles. The lowest BCUT2D eigenvalue weighted by Gasteiger charge is -2.22. The van der Waals surface area contributed by atoms with E-state index < -0.39 is 0 Å². The third-order valence-electron chi connectivity index (χ3n) is 4.70. The SMILES string of the molecule is CCc1ccc(OCC(=O)NC(c2ccccc2)c2ccccc2C)c(Br)c1. The van der Waals surface area contributed by atoms with Crippen LogP contribution in [-0.4, -0.2) is 12.5 Å². The molecule has 1 N–H and O–H groups in total. The smallest absolute Gasteiger partial charge is 0.258 e. The second-order valence-electron chi connectivity index (χ2n) is 6.67. The van der Waals surface area contributed by atoms with Crippen molar-refractivity contribution in [3.05, 3.63) is 99.5 Å². The molecule has 0 radical (unpaired) electrons. The van der Waals surface area contributed by atoms with Gasteiger partial charge in [-0.3, -0.25) is 4.79 Å². The number of benzene rings is 3. The van der Waals surface area contributed by atoms with Crippen LogP contribution in [0.4, 0.5) is 0 Å². The van der Waals surface area contributed by atoms with E-state index in [0.29, 0.717) is 5.75 Å². The summed E-state index contributed by atoms with van der Waals surface area (Å²) in [5.74, 6) is 0.503. The molecule has 0 spiro atoms. The third kappa shape index (κ3) is 5.02. The van der Waals surface area contributed by atoms with Crippen LogP contribution in [0, 0.1) is 6.92 Å². The van der Waals surface area contributed by atoms with Gasteiger partial charge in [-0.2, -0.15) is 0 Å². The minimum Gasteiger partial charge on any atom is -0.483 e. The Kier molecular flexibility index (Phi) is 6.88. The minimum atomic E-state index is -0.218. The Labute approximate surface area is 174 Å². The Morgan fingerprint density at radius 2 is 1.75 bits per heavy atom. The lowest BCUT2D eigenvalue weighted by molar-refractivity contribution is -0.123. The monoisotopic (exact) mass is 437 g/mol. The van der Waals surface area contributed by atoms with Gasteiger partial charge in [-0.1, -0.05) is 67.6 Å².